The van der Waals surface area contributed by atoms with Gasteiger partial charge in [-0.1, -0.05) is 11.6 Å². The van der Waals surface area contributed by atoms with Gasteiger partial charge in [-0.05, 0) is 43.2 Å². The van der Waals surface area contributed by atoms with Gasteiger partial charge in [0.1, 0.15) is 11.6 Å². The maximum Gasteiger partial charge on any atom is 0.256 e. The molecule has 0 unspecified atom stereocenters. The van der Waals surface area contributed by atoms with Crippen LogP contribution in [0.3, 0.4) is 0 Å². The molecule has 0 atom stereocenters. The van der Waals surface area contributed by atoms with Crippen LogP contribution in [0.2, 0.25) is 5.02 Å². The minimum absolute atomic E-state index is 0.137. The van der Waals surface area contributed by atoms with Gasteiger partial charge in [-0.15, -0.1) is 0 Å². The van der Waals surface area contributed by atoms with E-state index in [0.717, 1.165) is 18.5 Å². The number of hydrogen-bond donors (Lipinski definition) is 3. The van der Waals surface area contributed by atoms with Gasteiger partial charge in [0.25, 0.3) is 5.56 Å². The number of aromatic amines is 1. The Bertz CT molecular complexity index is 1160. The smallest absolute Gasteiger partial charge is 0.256 e. The largest absolute Gasteiger partial charge is 0.354 e. The Balaban J connectivity index is 1.77. The molecule has 8 heteroatoms. The second-order valence-corrected chi connectivity index (χ2v) is 7.41. The van der Waals surface area contributed by atoms with Crippen molar-refractivity contribution in [2.45, 2.75) is 25.7 Å². The maximum atomic E-state index is 14.4. The van der Waals surface area contributed by atoms with Crippen LogP contribution in [-0.4, -0.2) is 15.9 Å². The van der Waals surface area contributed by atoms with E-state index in [1.807, 2.05) is 0 Å². The minimum Gasteiger partial charge on any atom is -0.354 e. The highest BCUT2D eigenvalue weighted by Gasteiger charge is 2.28. The first-order valence-electron chi connectivity index (χ1n) is 9.14. The van der Waals surface area contributed by atoms with Gasteiger partial charge in [0.2, 0.25) is 5.91 Å². The number of hydrogen-bond acceptors (Lipinski definition) is 4. The van der Waals surface area contributed by atoms with Crippen LogP contribution in [0.25, 0.3) is 11.1 Å². The zero-order valence-electron chi connectivity index (χ0n) is 15.6. The predicted molar refractivity (Wildman–Crippen MR) is 111 cm³/mol. The lowest BCUT2D eigenvalue weighted by molar-refractivity contribution is -0.114. The zero-order valence-corrected chi connectivity index (χ0v) is 16.3. The van der Waals surface area contributed by atoms with E-state index in [4.69, 9.17) is 11.6 Å². The van der Waals surface area contributed by atoms with Crippen LogP contribution in [0.5, 0.6) is 0 Å². The van der Waals surface area contributed by atoms with E-state index in [2.05, 4.69) is 20.6 Å². The van der Waals surface area contributed by atoms with Gasteiger partial charge in [0.05, 0.1) is 11.3 Å². The third kappa shape index (κ3) is 4.30. The van der Waals surface area contributed by atoms with Crippen molar-refractivity contribution in [1.29, 1.82) is 0 Å². The molecule has 1 fully saturated rings. The molecule has 0 bridgehead atoms. The molecule has 29 heavy (non-hydrogen) atoms. The molecule has 148 valence electrons. The summed E-state index contributed by atoms with van der Waals surface area (Å²) in [6, 6.07) is 9.17. The number of carbonyl (C=O) groups is 1. The van der Waals surface area contributed by atoms with E-state index in [0.29, 0.717) is 22.2 Å². The minimum atomic E-state index is -0.526. The van der Waals surface area contributed by atoms with Gasteiger partial charge in [0.15, 0.2) is 0 Å². The van der Waals surface area contributed by atoms with E-state index in [1.54, 1.807) is 24.4 Å². The fraction of sp³-hybridized carbons (Fsp3) is 0.190. The highest BCUT2D eigenvalue weighted by atomic mass is 35.5. The number of anilines is 3. The summed E-state index contributed by atoms with van der Waals surface area (Å²) < 4.78 is 14.4. The highest BCUT2D eigenvalue weighted by Crippen LogP contribution is 2.43. The summed E-state index contributed by atoms with van der Waals surface area (Å²) in [5.41, 5.74) is 2.08. The van der Waals surface area contributed by atoms with E-state index in [-0.39, 0.29) is 28.5 Å². The normalized spacial score (nSPS) is 13.2. The van der Waals surface area contributed by atoms with Crippen molar-refractivity contribution in [2.75, 3.05) is 10.6 Å². The van der Waals surface area contributed by atoms with Gasteiger partial charge < -0.3 is 15.6 Å². The molecule has 1 aliphatic carbocycles. The molecule has 4 rings (SSSR count). The first-order chi connectivity index (χ1) is 13.9. The molecular formula is C21H18ClFN4O2. The average molecular weight is 413 g/mol. The topological polar surface area (TPSA) is 86.9 Å². The quantitative estimate of drug-likeness (QED) is 0.561. The number of nitrogens with zero attached hydrogens (tertiary/aromatic N) is 1. The second kappa shape index (κ2) is 7.67. The van der Waals surface area contributed by atoms with E-state index < -0.39 is 5.82 Å². The number of aromatic nitrogens is 2. The van der Waals surface area contributed by atoms with Crippen LogP contribution in [0.15, 0.2) is 47.4 Å². The first-order valence-corrected chi connectivity index (χ1v) is 9.52. The number of rotatable bonds is 5. The number of H-pyrrole nitrogens is 1. The fourth-order valence-corrected chi connectivity index (χ4v) is 3.33. The second-order valence-electron chi connectivity index (χ2n) is 6.97. The summed E-state index contributed by atoms with van der Waals surface area (Å²) >= 11 is 6.00. The summed E-state index contributed by atoms with van der Waals surface area (Å²) in [7, 11) is 0. The summed E-state index contributed by atoms with van der Waals surface area (Å²) in [4.78, 5) is 30.9. The fourth-order valence-electron chi connectivity index (χ4n) is 3.16. The van der Waals surface area contributed by atoms with Crippen molar-refractivity contribution >= 4 is 34.7 Å². The Hall–Kier alpha value is -3.19. The van der Waals surface area contributed by atoms with E-state index in [1.165, 1.54) is 25.1 Å². The molecule has 1 saturated carbocycles. The summed E-state index contributed by atoms with van der Waals surface area (Å²) in [6.45, 7) is 1.40. The monoisotopic (exact) mass is 412 g/mol. The number of nitrogens with one attached hydrogen (secondary N) is 3. The average Bonchev–Trinajstić information content (AvgIpc) is 3.50. The van der Waals surface area contributed by atoms with Crippen molar-refractivity contribution in [2.24, 2.45) is 0 Å². The molecule has 6 nitrogen and oxygen atoms in total. The van der Waals surface area contributed by atoms with Crippen molar-refractivity contribution in [1.82, 2.24) is 9.97 Å². The zero-order chi connectivity index (χ0) is 20.5. The van der Waals surface area contributed by atoms with Gasteiger partial charge in [-0.2, -0.15) is 0 Å². The Morgan fingerprint density at radius 2 is 2.00 bits per heavy atom. The van der Waals surface area contributed by atoms with Crippen molar-refractivity contribution < 1.29 is 9.18 Å². The highest BCUT2D eigenvalue weighted by molar-refractivity contribution is 6.30. The lowest BCUT2D eigenvalue weighted by atomic mass is 10.0. The molecular weight excluding hydrogens is 395 g/mol. The number of pyridine rings is 2. The van der Waals surface area contributed by atoms with Gasteiger partial charge >= 0.3 is 0 Å². The SMILES string of the molecule is CC(=O)Nc1cc(Nc2cc(-c3cc(Cl)ccc3F)c(=O)[nH]c2C2CC2)ccn1. The lowest BCUT2D eigenvalue weighted by Crippen LogP contribution is -2.14. The molecule has 2 heterocycles. The van der Waals surface area contributed by atoms with Crippen molar-refractivity contribution in [3.8, 4) is 11.1 Å². The molecule has 1 aromatic carbocycles. The Kier molecular flexibility index (Phi) is 5.07. The molecule has 0 radical (unpaired) electrons. The van der Waals surface area contributed by atoms with Crippen LogP contribution in [0.1, 0.15) is 31.4 Å². The third-order valence-electron chi connectivity index (χ3n) is 4.62. The summed E-state index contributed by atoms with van der Waals surface area (Å²) in [5.74, 6) is -0.0981. The van der Waals surface area contributed by atoms with Crippen LogP contribution in [0.4, 0.5) is 21.6 Å². The first kappa shape index (κ1) is 19.1. The standard InChI is InChI=1S/C21H18ClFN4O2/c1-11(28)25-19-9-14(6-7-24-19)26-18-10-16(15-8-13(22)4-5-17(15)23)21(29)27-20(18)12-2-3-12/h4-10,12H,2-3H2,1H3,(H,27,29)(H2,24,25,26,28). The Morgan fingerprint density at radius 3 is 2.72 bits per heavy atom. The molecule has 0 spiro atoms. The van der Waals surface area contributed by atoms with Crippen molar-refractivity contribution in [3.05, 3.63) is 69.5 Å². The molecule has 2 aromatic heterocycles. The molecule has 0 aliphatic heterocycles. The van der Waals surface area contributed by atoms with Gasteiger partial charge in [0, 0.05) is 47.1 Å². The Morgan fingerprint density at radius 1 is 1.21 bits per heavy atom. The summed E-state index contributed by atoms with van der Waals surface area (Å²) in [5, 5.41) is 6.23. The number of amides is 1. The molecule has 0 saturated heterocycles. The number of halogens is 2. The Labute approximate surface area is 171 Å². The molecule has 3 N–H and O–H groups in total. The predicted octanol–water partition coefficient (Wildman–Crippen LogP) is 4.81. The van der Waals surface area contributed by atoms with E-state index >= 15 is 0 Å². The van der Waals surface area contributed by atoms with Gasteiger partial charge in [-0.25, -0.2) is 9.37 Å². The van der Waals surface area contributed by atoms with Crippen molar-refractivity contribution in [3.63, 3.8) is 0 Å². The molecule has 1 aliphatic rings. The third-order valence-corrected chi connectivity index (χ3v) is 4.85. The van der Waals surface area contributed by atoms with Crippen LogP contribution < -0.4 is 16.2 Å². The van der Waals surface area contributed by atoms with Crippen LogP contribution in [-0.2, 0) is 4.79 Å². The van der Waals surface area contributed by atoms with Crippen LogP contribution >= 0.6 is 11.6 Å². The van der Waals surface area contributed by atoms with Gasteiger partial charge in [-0.3, -0.25) is 9.59 Å². The number of benzene rings is 1. The molecule has 3 aromatic rings. The van der Waals surface area contributed by atoms with E-state index in [9.17, 15) is 14.0 Å². The van der Waals surface area contributed by atoms with Crippen LogP contribution in [0, 0.1) is 5.82 Å². The summed E-state index contributed by atoms with van der Waals surface area (Å²) in [6.07, 6.45) is 3.51. The number of carbonyl (C=O) groups excluding carboxylic acids is 1. The lowest BCUT2D eigenvalue weighted by Gasteiger charge is -2.14. The molecule has 1 amide bonds. The maximum absolute atomic E-state index is 14.4.